The number of hydrogen-bond donors (Lipinski definition) is 0. The Hall–Kier alpha value is -2.77. The molecular weight excluding hydrogens is 366 g/mol. The molecule has 1 aromatic carbocycles. The Bertz CT molecular complexity index is 991. The number of amides is 1. The van der Waals surface area contributed by atoms with E-state index >= 15 is 0 Å². The third-order valence-corrected chi connectivity index (χ3v) is 5.93. The summed E-state index contributed by atoms with van der Waals surface area (Å²) < 4.78 is 7.33. The van der Waals surface area contributed by atoms with E-state index in [0.29, 0.717) is 11.6 Å². The quantitative estimate of drug-likeness (QED) is 0.664. The van der Waals surface area contributed by atoms with E-state index in [0.717, 1.165) is 63.5 Å². The first kappa shape index (κ1) is 18.3. The summed E-state index contributed by atoms with van der Waals surface area (Å²) in [7, 11) is 0. The minimum absolute atomic E-state index is 0.0442. The Morgan fingerprint density at radius 2 is 1.86 bits per heavy atom. The minimum atomic E-state index is 0.0442. The molecule has 0 aliphatic carbocycles. The molecule has 7 nitrogen and oxygen atoms in total. The van der Waals surface area contributed by atoms with Gasteiger partial charge in [0.2, 0.25) is 0 Å². The summed E-state index contributed by atoms with van der Waals surface area (Å²) in [6, 6.07) is 12.8. The molecule has 7 heteroatoms. The van der Waals surface area contributed by atoms with Crippen molar-refractivity contribution in [2.45, 2.75) is 19.0 Å². The van der Waals surface area contributed by atoms with Crippen LogP contribution >= 0.6 is 0 Å². The molecule has 5 rings (SSSR count). The van der Waals surface area contributed by atoms with E-state index in [-0.39, 0.29) is 5.91 Å². The van der Waals surface area contributed by atoms with E-state index in [9.17, 15) is 4.79 Å². The third-order valence-electron chi connectivity index (χ3n) is 5.93. The first-order chi connectivity index (χ1) is 14.3. The lowest BCUT2D eigenvalue weighted by Crippen LogP contribution is -2.57. The van der Waals surface area contributed by atoms with E-state index in [1.165, 1.54) is 5.56 Å². The molecule has 2 aliphatic rings. The fourth-order valence-corrected chi connectivity index (χ4v) is 4.03. The van der Waals surface area contributed by atoms with Gasteiger partial charge in [0.25, 0.3) is 5.91 Å². The molecule has 1 amide bonds. The van der Waals surface area contributed by atoms with E-state index < -0.39 is 0 Å². The van der Waals surface area contributed by atoms with Crippen LogP contribution in [-0.4, -0.2) is 75.7 Å². The van der Waals surface area contributed by atoms with Crippen LogP contribution in [0.4, 0.5) is 0 Å². The van der Waals surface area contributed by atoms with Crippen molar-refractivity contribution in [1.29, 1.82) is 0 Å². The van der Waals surface area contributed by atoms with Crippen LogP contribution in [0.25, 0.3) is 11.2 Å². The number of hydrogen-bond acceptors (Lipinski definition) is 5. The van der Waals surface area contributed by atoms with Crippen molar-refractivity contribution in [2.75, 3.05) is 39.4 Å². The first-order valence-electron chi connectivity index (χ1n) is 10.2. The molecular formula is C22H25N5O2. The normalized spacial score (nSPS) is 18.1. The van der Waals surface area contributed by atoms with Gasteiger partial charge in [0.05, 0.1) is 31.1 Å². The second-order valence-corrected chi connectivity index (χ2v) is 7.76. The first-order valence-corrected chi connectivity index (χ1v) is 10.2. The lowest BCUT2D eigenvalue weighted by molar-refractivity contribution is -0.0746. The average molecular weight is 391 g/mol. The Balaban J connectivity index is 1.25. The van der Waals surface area contributed by atoms with Crippen LogP contribution in [0.1, 0.15) is 15.9 Å². The van der Waals surface area contributed by atoms with Crippen LogP contribution in [0.2, 0.25) is 0 Å². The van der Waals surface area contributed by atoms with Gasteiger partial charge >= 0.3 is 0 Å². The number of rotatable bonds is 5. The SMILES string of the molecule is O=C(c1cnc2c(c1)ncn2CCc1ccccc1)N1CCN(C2COC2)CC1. The van der Waals surface area contributed by atoms with Gasteiger partial charge in [-0.15, -0.1) is 0 Å². The summed E-state index contributed by atoms with van der Waals surface area (Å²) in [5.41, 5.74) is 3.50. The van der Waals surface area contributed by atoms with Gasteiger partial charge in [-0.3, -0.25) is 9.69 Å². The highest BCUT2D eigenvalue weighted by atomic mass is 16.5. The highest BCUT2D eigenvalue weighted by Gasteiger charge is 2.30. The van der Waals surface area contributed by atoms with Gasteiger partial charge in [0.15, 0.2) is 5.65 Å². The monoisotopic (exact) mass is 391 g/mol. The van der Waals surface area contributed by atoms with Crippen LogP contribution in [0.5, 0.6) is 0 Å². The number of aromatic nitrogens is 3. The fraction of sp³-hybridized carbons (Fsp3) is 0.409. The molecule has 0 spiro atoms. The number of nitrogens with zero attached hydrogens (tertiary/aromatic N) is 5. The second-order valence-electron chi connectivity index (χ2n) is 7.76. The van der Waals surface area contributed by atoms with Gasteiger partial charge in [-0.05, 0) is 18.1 Å². The van der Waals surface area contributed by atoms with Gasteiger partial charge in [0, 0.05) is 38.9 Å². The summed E-state index contributed by atoms with van der Waals surface area (Å²) in [6.45, 7) is 5.77. The fourth-order valence-electron chi connectivity index (χ4n) is 4.03. The van der Waals surface area contributed by atoms with Crippen LogP contribution in [0.3, 0.4) is 0 Å². The summed E-state index contributed by atoms with van der Waals surface area (Å²) in [5, 5.41) is 0. The Morgan fingerprint density at radius 3 is 2.59 bits per heavy atom. The molecule has 0 atom stereocenters. The van der Waals surface area contributed by atoms with Crippen molar-refractivity contribution in [3.63, 3.8) is 0 Å². The lowest BCUT2D eigenvalue weighted by Gasteiger charge is -2.42. The maximum atomic E-state index is 12.9. The summed E-state index contributed by atoms with van der Waals surface area (Å²) >= 11 is 0. The van der Waals surface area contributed by atoms with E-state index in [1.807, 2.05) is 23.4 Å². The average Bonchev–Trinajstić information content (AvgIpc) is 3.14. The molecule has 2 saturated heterocycles. The molecule has 0 bridgehead atoms. The Kier molecular flexibility index (Phi) is 4.99. The zero-order valence-electron chi connectivity index (χ0n) is 16.4. The standard InChI is InChI=1S/C22H25N5O2/c28-22(26-10-8-25(9-11-26)19-14-29-15-19)18-12-20-21(23-13-18)27(16-24-20)7-6-17-4-2-1-3-5-17/h1-5,12-13,16,19H,6-11,14-15H2. The van der Waals surface area contributed by atoms with Crippen molar-refractivity contribution in [3.8, 4) is 0 Å². The summed E-state index contributed by atoms with van der Waals surface area (Å²) in [5.74, 6) is 0.0442. The summed E-state index contributed by atoms with van der Waals surface area (Å²) in [4.78, 5) is 26.3. The molecule has 2 aliphatic heterocycles. The molecule has 0 radical (unpaired) electrons. The number of carbonyl (C=O) groups excluding carboxylic acids is 1. The number of aryl methyl sites for hydroxylation is 2. The van der Waals surface area contributed by atoms with Gasteiger partial charge in [-0.1, -0.05) is 30.3 Å². The molecule has 0 unspecified atom stereocenters. The number of fused-ring (bicyclic) bond motifs is 1. The van der Waals surface area contributed by atoms with E-state index in [1.54, 1.807) is 6.20 Å². The number of pyridine rings is 1. The molecule has 2 aromatic heterocycles. The zero-order chi connectivity index (χ0) is 19.6. The molecule has 0 saturated carbocycles. The van der Waals surface area contributed by atoms with E-state index in [2.05, 4.69) is 43.7 Å². The van der Waals surface area contributed by atoms with Gasteiger partial charge in [0.1, 0.15) is 5.52 Å². The third kappa shape index (κ3) is 3.75. The maximum Gasteiger partial charge on any atom is 0.255 e. The molecule has 0 N–H and O–H groups in total. The summed E-state index contributed by atoms with van der Waals surface area (Å²) in [6.07, 6.45) is 4.43. The predicted octanol–water partition coefficient (Wildman–Crippen LogP) is 1.83. The molecule has 29 heavy (non-hydrogen) atoms. The molecule has 150 valence electrons. The predicted molar refractivity (Wildman–Crippen MR) is 110 cm³/mol. The maximum absolute atomic E-state index is 12.9. The van der Waals surface area contributed by atoms with Crippen molar-refractivity contribution >= 4 is 17.1 Å². The van der Waals surface area contributed by atoms with E-state index in [4.69, 9.17) is 4.74 Å². The van der Waals surface area contributed by atoms with Crippen molar-refractivity contribution < 1.29 is 9.53 Å². The Labute approximate surface area is 169 Å². The minimum Gasteiger partial charge on any atom is -0.378 e. The van der Waals surface area contributed by atoms with Crippen LogP contribution < -0.4 is 0 Å². The number of carbonyl (C=O) groups is 1. The highest BCUT2D eigenvalue weighted by Crippen LogP contribution is 2.17. The number of benzene rings is 1. The van der Waals surface area contributed by atoms with Crippen LogP contribution in [0.15, 0.2) is 48.9 Å². The number of piperazine rings is 1. The molecule has 2 fully saturated rings. The number of imidazole rings is 1. The van der Waals surface area contributed by atoms with Crippen molar-refractivity contribution in [1.82, 2.24) is 24.3 Å². The topological polar surface area (TPSA) is 63.5 Å². The lowest BCUT2D eigenvalue weighted by atomic mass is 10.1. The van der Waals surface area contributed by atoms with Crippen molar-refractivity contribution in [3.05, 3.63) is 60.0 Å². The van der Waals surface area contributed by atoms with Crippen molar-refractivity contribution in [2.24, 2.45) is 0 Å². The molecule has 4 heterocycles. The zero-order valence-corrected chi connectivity index (χ0v) is 16.4. The smallest absolute Gasteiger partial charge is 0.255 e. The van der Waals surface area contributed by atoms with Crippen LogP contribution in [-0.2, 0) is 17.7 Å². The highest BCUT2D eigenvalue weighted by molar-refractivity contribution is 5.96. The Morgan fingerprint density at radius 1 is 1.07 bits per heavy atom. The largest absolute Gasteiger partial charge is 0.378 e. The van der Waals surface area contributed by atoms with Gasteiger partial charge < -0.3 is 14.2 Å². The second kappa shape index (κ2) is 7.93. The van der Waals surface area contributed by atoms with Gasteiger partial charge in [-0.2, -0.15) is 0 Å². The van der Waals surface area contributed by atoms with Crippen LogP contribution in [0, 0.1) is 0 Å². The van der Waals surface area contributed by atoms with Gasteiger partial charge in [-0.25, -0.2) is 9.97 Å². The number of ether oxygens (including phenoxy) is 1. The molecule has 3 aromatic rings.